The van der Waals surface area contributed by atoms with Crippen LogP contribution in [0.2, 0.25) is 0 Å². The van der Waals surface area contributed by atoms with Crippen LogP contribution in [-0.4, -0.2) is 36.2 Å². The molecule has 2 unspecified atom stereocenters. The predicted octanol–water partition coefficient (Wildman–Crippen LogP) is 1.48. The minimum atomic E-state index is -0.945. The Hall–Kier alpha value is -1.99. The topological polar surface area (TPSA) is 102 Å². The molecule has 21 heavy (non-hydrogen) atoms. The second kappa shape index (κ2) is 7.70. The summed E-state index contributed by atoms with van der Waals surface area (Å²) in [6.45, 7) is 1.64. The van der Waals surface area contributed by atoms with Crippen molar-refractivity contribution in [1.29, 1.82) is 0 Å². The maximum atomic E-state index is 11.2. The van der Waals surface area contributed by atoms with Gasteiger partial charge in [-0.25, -0.2) is 0 Å². The molecule has 0 saturated carbocycles. The second-order valence-corrected chi connectivity index (χ2v) is 4.76. The molecule has 2 N–H and O–H groups in total. The number of carbonyl (C=O) groups excluding carboxylic acids is 1. The van der Waals surface area contributed by atoms with Crippen LogP contribution in [0.3, 0.4) is 0 Å². The highest BCUT2D eigenvalue weighted by Crippen LogP contribution is 2.26. The first-order valence-electron chi connectivity index (χ1n) is 6.57. The minimum Gasteiger partial charge on any atom is -0.469 e. The molecule has 0 radical (unpaired) electrons. The van der Waals surface area contributed by atoms with Gasteiger partial charge in [-0.1, -0.05) is 12.1 Å². The Bertz CT molecular complexity index is 518. The van der Waals surface area contributed by atoms with Gasteiger partial charge in [-0.2, -0.15) is 0 Å². The predicted molar refractivity (Wildman–Crippen MR) is 76.9 cm³/mol. The fourth-order valence-corrected chi connectivity index (χ4v) is 2.07. The van der Waals surface area contributed by atoms with Crippen molar-refractivity contribution in [2.45, 2.75) is 31.9 Å². The van der Waals surface area contributed by atoms with Gasteiger partial charge in [0.15, 0.2) is 0 Å². The van der Waals surface area contributed by atoms with Crippen LogP contribution in [0.4, 0.5) is 5.69 Å². The van der Waals surface area contributed by atoms with Gasteiger partial charge in [0, 0.05) is 24.1 Å². The number of carbonyl (C=O) groups is 1. The zero-order valence-electron chi connectivity index (χ0n) is 12.3. The number of methoxy groups -OCH3 is 1. The Morgan fingerprint density at radius 3 is 2.71 bits per heavy atom. The molecule has 0 saturated heterocycles. The van der Waals surface area contributed by atoms with E-state index in [0.29, 0.717) is 17.5 Å². The van der Waals surface area contributed by atoms with Crippen LogP contribution in [0.15, 0.2) is 18.2 Å². The average Bonchev–Trinajstić information content (AvgIpc) is 2.47. The van der Waals surface area contributed by atoms with Gasteiger partial charge in [0.05, 0.1) is 18.1 Å². The number of hydrogen-bond donors (Lipinski definition) is 2. The molecule has 0 aromatic heterocycles. The second-order valence-electron chi connectivity index (χ2n) is 4.76. The van der Waals surface area contributed by atoms with Crippen molar-refractivity contribution in [2.75, 3.05) is 14.2 Å². The number of aliphatic hydroxyl groups is 1. The molecule has 0 aliphatic carbocycles. The van der Waals surface area contributed by atoms with Gasteiger partial charge < -0.3 is 15.2 Å². The Morgan fingerprint density at radius 2 is 2.19 bits per heavy atom. The SMILES string of the molecule is CNC(CCC(=O)OC)C(O)c1ccc(C)c([N+](=O)[O-])c1. The molecule has 1 rings (SSSR count). The molecule has 0 spiro atoms. The fourth-order valence-electron chi connectivity index (χ4n) is 2.07. The van der Waals surface area contributed by atoms with Gasteiger partial charge in [-0.05, 0) is 26.0 Å². The largest absolute Gasteiger partial charge is 0.469 e. The average molecular weight is 296 g/mol. The van der Waals surface area contributed by atoms with Crippen LogP contribution in [0.1, 0.15) is 30.1 Å². The van der Waals surface area contributed by atoms with E-state index < -0.39 is 17.1 Å². The lowest BCUT2D eigenvalue weighted by atomic mass is 9.97. The lowest BCUT2D eigenvalue weighted by Crippen LogP contribution is -2.32. The minimum absolute atomic E-state index is 0.0330. The van der Waals surface area contributed by atoms with Crippen molar-refractivity contribution in [3.05, 3.63) is 39.4 Å². The van der Waals surface area contributed by atoms with E-state index in [-0.39, 0.29) is 18.1 Å². The summed E-state index contributed by atoms with van der Waals surface area (Å²) in [5.74, 6) is -0.364. The number of aliphatic hydroxyl groups excluding tert-OH is 1. The van der Waals surface area contributed by atoms with Crippen molar-refractivity contribution < 1.29 is 19.6 Å². The van der Waals surface area contributed by atoms with Gasteiger partial charge in [-0.3, -0.25) is 14.9 Å². The van der Waals surface area contributed by atoms with E-state index in [1.165, 1.54) is 13.2 Å². The summed E-state index contributed by atoms with van der Waals surface area (Å²) in [5, 5.41) is 24.2. The molecule has 0 heterocycles. The van der Waals surface area contributed by atoms with Gasteiger partial charge in [0.25, 0.3) is 5.69 Å². The highest BCUT2D eigenvalue weighted by Gasteiger charge is 2.23. The number of aryl methyl sites for hydroxylation is 1. The molecule has 0 bridgehead atoms. The molecule has 1 aromatic carbocycles. The highest BCUT2D eigenvalue weighted by molar-refractivity contribution is 5.69. The van der Waals surface area contributed by atoms with Crippen LogP contribution < -0.4 is 5.32 Å². The number of likely N-dealkylation sites (N-methyl/N-ethyl adjacent to an activating group) is 1. The van der Waals surface area contributed by atoms with Crippen molar-refractivity contribution >= 4 is 11.7 Å². The van der Waals surface area contributed by atoms with Gasteiger partial charge >= 0.3 is 5.97 Å². The number of nitro benzene ring substituents is 1. The van der Waals surface area contributed by atoms with Crippen LogP contribution in [-0.2, 0) is 9.53 Å². The van der Waals surface area contributed by atoms with Crippen LogP contribution in [0.5, 0.6) is 0 Å². The van der Waals surface area contributed by atoms with Gasteiger partial charge in [0.1, 0.15) is 0 Å². The maximum absolute atomic E-state index is 11.2. The van der Waals surface area contributed by atoms with Crippen LogP contribution >= 0.6 is 0 Å². The number of esters is 1. The monoisotopic (exact) mass is 296 g/mol. The van der Waals surface area contributed by atoms with E-state index in [2.05, 4.69) is 10.1 Å². The third-order valence-corrected chi connectivity index (χ3v) is 3.41. The van der Waals surface area contributed by atoms with Crippen molar-refractivity contribution in [1.82, 2.24) is 5.32 Å². The summed E-state index contributed by atoms with van der Waals surface area (Å²) in [6.07, 6.45) is -0.419. The summed E-state index contributed by atoms with van der Waals surface area (Å²) in [6, 6.07) is 4.22. The molecule has 7 nitrogen and oxygen atoms in total. The number of hydrogen-bond acceptors (Lipinski definition) is 6. The quantitative estimate of drug-likeness (QED) is 0.449. The van der Waals surface area contributed by atoms with Gasteiger partial charge in [-0.15, -0.1) is 0 Å². The first kappa shape index (κ1) is 17.1. The zero-order valence-corrected chi connectivity index (χ0v) is 12.3. The summed E-state index contributed by atoms with van der Waals surface area (Å²) >= 11 is 0. The molecular formula is C14H20N2O5. The van der Waals surface area contributed by atoms with Crippen LogP contribution in [0.25, 0.3) is 0 Å². The first-order valence-corrected chi connectivity index (χ1v) is 6.57. The lowest BCUT2D eigenvalue weighted by Gasteiger charge is -2.22. The normalized spacial score (nSPS) is 13.5. The van der Waals surface area contributed by atoms with E-state index >= 15 is 0 Å². The number of benzene rings is 1. The van der Waals surface area contributed by atoms with E-state index in [4.69, 9.17) is 0 Å². The number of nitrogens with one attached hydrogen (secondary N) is 1. The van der Waals surface area contributed by atoms with Crippen molar-refractivity contribution in [3.8, 4) is 0 Å². The molecular weight excluding hydrogens is 276 g/mol. The fraction of sp³-hybridized carbons (Fsp3) is 0.500. The summed E-state index contributed by atoms with van der Waals surface area (Å²) < 4.78 is 4.56. The molecule has 0 fully saturated rings. The standard InChI is InChI=1S/C14H20N2O5/c1-9-4-5-10(8-12(9)16(19)20)14(18)11(15-2)6-7-13(17)21-3/h4-5,8,11,14-15,18H,6-7H2,1-3H3. The van der Waals surface area contributed by atoms with E-state index in [1.54, 1.807) is 26.1 Å². The van der Waals surface area contributed by atoms with Crippen LogP contribution in [0, 0.1) is 17.0 Å². The lowest BCUT2D eigenvalue weighted by molar-refractivity contribution is -0.385. The summed E-state index contributed by atoms with van der Waals surface area (Å²) in [7, 11) is 2.96. The Kier molecular flexibility index (Phi) is 6.26. The summed E-state index contributed by atoms with van der Waals surface area (Å²) in [5.41, 5.74) is 0.942. The first-order chi connectivity index (χ1) is 9.90. The van der Waals surface area contributed by atoms with E-state index in [0.717, 1.165) is 0 Å². The smallest absolute Gasteiger partial charge is 0.305 e. The Morgan fingerprint density at radius 1 is 1.52 bits per heavy atom. The zero-order chi connectivity index (χ0) is 16.0. The molecule has 7 heteroatoms. The molecule has 1 aromatic rings. The molecule has 0 aliphatic heterocycles. The van der Waals surface area contributed by atoms with Gasteiger partial charge in [0.2, 0.25) is 0 Å². The Balaban J connectivity index is 2.89. The molecule has 116 valence electrons. The maximum Gasteiger partial charge on any atom is 0.305 e. The third kappa shape index (κ3) is 4.51. The highest BCUT2D eigenvalue weighted by atomic mass is 16.6. The van der Waals surface area contributed by atoms with Crippen molar-refractivity contribution in [2.24, 2.45) is 0 Å². The molecule has 0 aliphatic rings. The third-order valence-electron chi connectivity index (χ3n) is 3.41. The number of ether oxygens (including phenoxy) is 1. The molecule has 0 amide bonds. The number of nitrogens with zero attached hydrogens (tertiary/aromatic N) is 1. The van der Waals surface area contributed by atoms with E-state index in [1.807, 2.05) is 0 Å². The number of rotatable bonds is 7. The Labute approximate surface area is 123 Å². The molecule has 2 atom stereocenters. The van der Waals surface area contributed by atoms with Crippen molar-refractivity contribution in [3.63, 3.8) is 0 Å². The van der Waals surface area contributed by atoms with E-state index in [9.17, 15) is 20.0 Å². The summed E-state index contributed by atoms with van der Waals surface area (Å²) in [4.78, 5) is 21.6. The number of nitro groups is 1.